The zero-order valence-corrected chi connectivity index (χ0v) is 15.2. The maximum atomic E-state index is 12.3. The van der Waals surface area contributed by atoms with Crippen LogP contribution >= 0.6 is 11.6 Å². The smallest absolute Gasteiger partial charge is 0.242 e. The average molecular weight is 361 g/mol. The molecule has 7 heteroatoms. The Kier molecular flexibility index (Phi) is 6.50. The van der Waals surface area contributed by atoms with Crippen LogP contribution in [-0.2, 0) is 9.59 Å². The molecule has 2 amide bonds. The van der Waals surface area contributed by atoms with Crippen molar-refractivity contribution in [2.24, 2.45) is 0 Å². The molecule has 1 aromatic heterocycles. The first-order valence-corrected chi connectivity index (χ1v) is 8.22. The molecule has 2 aromatic rings. The normalized spacial score (nSPS) is 11.9. The largest absolute Gasteiger partial charge is 0.325 e. The Balaban J connectivity index is 1.86. The van der Waals surface area contributed by atoms with E-state index in [2.05, 4.69) is 15.6 Å². The van der Waals surface area contributed by atoms with Gasteiger partial charge in [0.05, 0.1) is 17.6 Å². The van der Waals surface area contributed by atoms with E-state index in [-0.39, 0.29) is 18.4 Å². The van der Waals surface area contributed by atoms with E-state index >= 15 is 0 Å². The molecule has 2 N–H and O–H groups in total. The van der Waals surface area contributed by atoms with E-state index in [0.29, 0.717) is 10.8 Å². The third-order valence-corrected chi connectivity index (χ3v) is 3.97. The number of nitrogens with zero attached hydrogens (tertiary/aromatic N) is 2. The number of benzene rings is 1. The SMILES string of the molecule is Cc1ccc(NC(=O)CN(C)C(C)C(=O)Nc2ccc(Cl)cn2)cc1. The number of rotatable bonds is 6. The van der Waals surface area contributed by atoms with E-state index in [0.717, 1.165) is 11.3 Å². The Morgan fingerprint density at radius 2 is 1.84 bits per heavy atom. The van der Waals surface area contributed by atoms with E-state index in [9.17, 15) is 9.59 Å². The first-order valence-electron chi connectivity index (χ1n) is 7.84. The molecule has 132 valence electrons. The van der Waals surface area contributed by atoms with Crippen molar-refractivity contribution in [2.75, 3.05) is 24.2 Å². The number of amides is 2. The highest BCUT2D eigenvalue weighted by molar-refractivity contribution is 6.30. The predicted molar refractivity (Wildman–Crippen MR) is 99.8 cm³/mol. The molecular weight excluding hydrogens is 340 g/mol. The number of carbonyl (C=O) groups is 2. The van der Waals surface area contributed by atoms with Crippen molar-refractivity contribution in [1.29, 1.82) is 0 Å². The summed E-state index contributed by atoms with van der Waals surface area (Å²) in [6.45, 7) is 3.80. The van der Waals surface area contributed by atoms with Crippen molar-refractivity contribution in [3.8, 4) is 0 Å². The summed E-state index contributed by atoms with van der Waals surface area (Å²) in [5.74, 6) is -0.0187. The molecule has 6 nitrogen and oxygen atoms in total. The summed E-state index contributed by atoms with van der Waals surface area (Å²) in [6.07, 6.45) is 1.46. The second-order valence-corrected chi connectivity index (χ2v) is 6.29. The minimum atomic E-state index is -0.499. The van der Waals surface area contributed by atoms with Gasteiger partial charge in [0.25, 0.3) is 0 Å². The minimum absolute atomic E-state index is 0.0938. The summed E-state index contributed by atoms with van der Waals surface area (Å²) < 4.78 is 0. The Morgan fingerprint density at radius 1 is 1.16 bits per heavy atom. The molecular formula is C18H21ClN4O2. The van der Waals surface area contributed by atoms with E-state index in [1.54, 1.807) is 31.0 Å². The van der Waals surface area contributed by atoms with Crippen molar-refractivity contribution >= 4 is 34.9 Å². The Labute approximate surface area is 152 Å². The number of hydrogen-bond acceptors (Lipinski definition) is 4. The third-order valence-electron chi connectivity index (χ3n) is 3.75. The van der Waals surface area contributed by atoms with Crippen molar-refractivity contribution in [3.63, 3.8) is 0 Å². The van der Waals surface area contributed by atoms with Crippen LogP contribution in [0.4, 0.5) is 11.5 Å². The third kappa shape index (κ3) is 5.85. The van der Waals surface area contributed by atoms with E-state index in [1.807, 2.05) is 31.2 Å². The number of halogens is 1. The topological polar surface area (TPSA) is 74.3 Å². The van der Waals surface area contributed by atoms with Crippen LogP contribution in [0.3, 0.4) is 0 Å². The number of aryl methyl sites for hydroxylation is 1. The first kappa shape index (κ1) is 18.9. The van der Waals surface area contributed by atoms with Crippen LogP contribution in [0.1, 0.15) is 12.5 Å². The fourth-order valence-electron chi connectivity index (χ4n) is 2.08. The van der Waals surface area contributed by atoms with Crippen LogP contribution in [-0.4, -0.2) is 41.3 Å². The van der Waals surface area contributed by atoms with Gasteiger partial charge in [-0.3, -0.25) is 14.5 Å². The zero-order chi connectivity index (χ0) is 18.4. The Hall–Kier alpha value is -2.44. The van der Waals surface area contributed by atoms with Crippen molar-refractivity contribution in [1.82, 2.24) is 9.88 Å². The molecule has 0 aliphatic heterocycles. The fourth-order valence-corrected chi connectivity index (χ4v) is 2.19. The van der Waals surface area contributed by atoms with Crippen LogP contribution in [0.5, 0.6) is 0 Å². The fraction of sp³-hybridized carbons (Fsp3) is 0.278. The van der Waals surface area contributed by atoms with E-state index < -0.39 is 6.04 Å². The highest BCUT2D eigenvalue weighted by Gasteiger charge is 2.20. The predicted octanol–water partition coefficient (Wildman–Crippen LogP) is 2.94. The average Bonchev–Trinajstić information content (AvgIpc) is 2.58. The molecule has 25 heavy (non-hydrogen) atoms. The first-order chi connectivity index (χ1) is 11.8. The Morgan fingerprint density at radius 3 is 2.44 bits per heavy atom. The van der Waals surface area contributed by atoms with Gasteiger partial charge in [-0.2, -0.15) is 0 Å². The van der Waals surface area contributed by atoms with Gasteiger partial charge in [0.2, 0.25) is 11.8 Å². The number of anilines is 2. The lowest BCUT2D eigenvalue weighted by Crippen LogP contribution is -2.43. The summed E-state index contributed by atoms with van der Waals surface area (Å²) in [5, 5.41) is 6.00. The van der Waals surface area contributed by atoms with Crippen LogP contribution in [0, 0.1) is 6.92 Å². The molecule has 0 radical (unpaired) electrons. The van der Waals surface area contributed by atoms with Gasteiger partial charge in [0.15, 0.2) is 0 Å². The zero-order valence-electron chi connectivity index (χ0n) is 14.4. The maximum Gasteiger partial charge on any atom is 0.242 e. The summed E-state index contributed by atoms with van der Waals surface area (Å²) in [6, 6.07) is 10.3. The van der Waals surface area contributed by atoms with Crippen LogP contribution in [0.25, 0.3) is 0 Å². The van der Waals surface area contributed by atoms with Crippen molar-refractivity contribution < 1.29 is 9.59 Å². The molecule has 0 saturated carbocycles. The second kappa shape index (κ2) is 8.60. The van der Waals surface area contributed by atoms with Crippen molar-refractivity contribution in [3.05, 3.63) is 53.2 Å². The Bertz CT molecular complexity index is 732. The lowest BCUT2D eigenvalue weighted by atomic mass is 10.2. The molecule has 0 aliphatic carbocycles. The lowest BCUT2D eigenvalue weighted by Gasteiger charge is -2.23. The number of carbonyl (C=O) groups excluding carboxylic acids is 2. The summed E-state index contributed by atoms with van der Waals surface area (Å²) in [5.41, 5.74) is 1.85. The van der Waals surface area contributed by atoms with Gasteiger partial charge >= 0.3 is 0 Å². The van der Waals surface area contributed by atoms with Gasteiger partial charge in [-0.25, -0.2) is 4.98 Å². The monoisotopic (exact) mass is 360 g/mol. The summed E-state index contributed by atoms with van der Waals surface area (Å²) >= 11 is 5.77. The van der Waals surface area contributed by atoms with Crippen LogP contribution in [0.2, 0.25) is 5.02 Å². The molecule has 2 rings (SSSR count). The van der Waals surface area contributed by atoms with Gasteiger partial charge in [-0.15, -0.1) is 0 Å². The molecule has 0 saturated heterocycles. The summed E-state index contributed by atoms with van der Waals surface area (Å²) in [7, 11) is 1.72. The molecule has 1 unspecified atom stereocenters. The van der Waals surface area contributed by atoms with Gasteiger partial charge in [0, 0.05) is 11.9 Å². The highest BCUT2D eigenvalue weighted by atomic mass is 35.5. The van der Waals surface area contributed by atoms with E-state index in [4.69, 9.17) is 11.6 Å². The number of pyridine rings is 1. The molecule has 1 aromatic carbocycles. The minimum Gasteiger partial charge on any atom is -0.325 e. The number of hydrogen-bond donors (Lipinski definition) is 2. The van der Waals surface area contributed by atoms with Crippen LogP contribution in [0.15, 0.2) is 42.6 Å². The maximum absolute atomic E-state index is 12.3. The standard InChI is InChI=1S/C18H21ClN4O2/c1-12-4-7-15(8-5-12)21-17(24)11-23(3)13(2)18(25)22-16-9-6-14(19)10-20-16/h4-10,13H,11H2,1-3H3,(H,21,24)(H,20,22,25). The van der Waals surface area contributed by atoms with Gasteiger partial charge < -0.3 is 10.6 Å². The molecule has 1 heterocycles. The molecule has 0 aliphatic rings. The molecule has 0 spiro atoms. The number of aromatic nitrogens is 1. The lowest BCUT2D eigenvalue weighted by molar-refractivity contribution is -0.122. The highest BCUT2D eigenvalue weighted by Crippen LogP contribution is 2.11. The molecule has 1 atom stereocenters. The molecule has 0 fully saturated rings. The molecule has 0 bridgehead atoms. The summed E-state index contributed by atoms with van der Waals surface area (Å²) in [4.78, 5) is 30.1. The number of nitrogens with one attached hydrogen (secondary N) is 2. The van der Waals surface area contributed by atoms with Gasteiger partial charge in [-0.05, 0) is 45.2 Å². The second-order valence-electron chi connectivity index (χ2n) is 5.86. The van der Waals surface area contributed by atoms with Gasteiger partial charge in [-0.1, -0.05) is 29.3 Å². The van der Waals surface area contributed by atoms with Gasteiger partial charge in [0.1, 0.15) is 5.82 Å². The van der Waals surface area contributed by atoms with E-state index in [1.165, 1.54) is 6.20 Å². The number of likely N-dealkylation sites (N-methyl/N-ethyl adjacent to an activating group) is 1. The quantitative estimate of drug-likeness (QED) is 0.830. The van der Waals surface area contributed by atoms with Crippen molar-refractivity contribution in [2.45, 2.75) is 19.9 Å². The van der Waals surface area contributed by atoms with Crippen LogP contribution < -0.4 is 10.6 Å².